The average molecular weight is 531 g/mol. The summed E-state index contributed by atoms with van der Waals surface area (Å²) in [5.74, 6) is -0.231. The molecular weight excluding hydrogens is 503 g/mol. The summed E-state index contributed by atoms with van der Waals surface area (Å²) in [6.07, 6.45) is 1.41. The molecule has 1 aromatic heterocycles. The third kappa shape index (κ3) is 5.98. The molecular formula is C25H28Cl2N6O3. The van der Waals surface area contributed by atoms with Crippen molar-refractivity contribution in [3.8, 4) is 0 Å². The first-order chi connectivity index (χ1) is 17.2. The standard InChI is InChI=1S/C25H28Cl2N6O3/c1-28-23(34)14-31-7-9-32(10-8-31)18-4-6-22-19(12-18)25(36)33(16-29-22)15-24(35)30(2)13-17-3-5-20(26)21(27)11-17/h3-6,11-12,16H,7-10,13-15H2,1-2H3,(H,28,34). The molecule has 1 fully saturated rings. The van der Waals surface area contributed by atoms with E-state index in [0.717, 1.165) is 37.4 Å². The molecule has 4 rings (SSSR count). The number of carbonyl (C=O) groups is 2. The van der Waals surface area contributed by atoms with Crippen molar-refractivity contribution in [2.45, 2.75) is 13.1 Å². The van der Waals surface area contributed by atoms with Crippen molar-refractivity contribution in [1.82, 2.24) is 24.7 Å². The van der Waals surface area contributed by atoms with Gasteiger partial charge in [-0.2, -0.15) is 0 Å². The van der Waals surface area contributed by atoms with E-state index in [-0.39, 0.29) is 23.9 Å². The zero-order valence-electron chi connectivity index (χ0n) is 20.2. The van der Waals surface area contributed by atoms with Gasteiger partial charge in [-0.15, -0.1) is 0 Å². The highest BCUT2D eigenvalue weighted by Crippen LogP contribution is 2.23. The van der Waals surface area contributed by atoms with E-state index >= 15 is 0 Å². The molecule has 2 amide bonds. The lowest BCUT2D eigenvalue weighted by molar-refractivity contribution is -0.131. The number of halogens is 2. The maximum Gasteiger partial charge on any atom is 0.261 e. The van der Waals surface area contributed by atoms with Crippen molar-refractivity contribution in [1.29, 1.82) is 0 Å². The van der Waals surface area contributed by atoms with Gasteiger partial charge in [-0.1, -0.05) is 29.3 Å². The fourth-order valence-electron chi connectivity index (χ4n) is 4.17. The molecule has 0 saturated carbocycles. The van der Waals surface area contributed by atoms with Gasteiger partial charge in [0, 0.05) is 52.5 Å². The molecule has 0 unspecified atom stereocenters. The van der Waals surface area contributed by atoms with E-state index in [1.54, 1.807) is 26.2 Å². The Morgan fingerprint density at radius 2 is 1.78 bits per heavy atom. The fourth-order valence-corrected chi connectivity index (χ4v) is 4.49. The second kappa shape index (κ2) is 11.3. The molecule has 1 saturated heterocycles. The number of amides is 2. The van der Waals surface area contributed by atoms with Crippen molar-refractivity contribution in [3.63, 3.8) is 0 Å². The van der Waals surface area contributed by atoms with Crippen molar-refractivity contribution in [2.24, 2.45) is 0 Å². The molecule has 9 nitrogen and oxygen atoms in total. The summed E-state index contributed by atoms with van der Waals surface area (Å²) in [4.78, 5) is 47.9. The third-order valence-electron chi connectivity index (χ3n) is 6.33. The molecule has 190 valence electrons. The van der Waals surface area contributed by atoms with Crippen molar-refractivity contribution < 1.29 is 9.59 Å². The largest absolute Gasteiger partial charge is 0.369 e. The van der Waals surface area contributed by atoms with E-state index in [1.807, 2.05) is 24.3 Å². The maximum atomic E-state index is 13.2. The molecule has 1 aliphatic rings. The molecule has 0 radical (unpaired) electrons. The summed E-state index contributed by atoms with van der Waals surface area (Å²) in [5.41, 5.74) is 2.07. The first-order valence-electron chi connectivity index (χ1n) is 11.6. The fraction of sp³-hybridized carbons (Fsp3) is 0.360. The van der Waals surface area contributed by atoms with E-state index in [2.05, 4.69) is 20.1 Å². The Kier molecular flexibility index (Phi) is 8.13. The summed E-state index contributed by atoms with van der Waals surface area (Å²) in [6.45, 7) is 3.59. The SMILES string of the molecule is CNC(=O)CN1CCN(c2ccc3ncn(CC(=O)N(C)Cc4ccc(Cl)c(Cl)c4)c(=O)c3c2)CC1. The van der Waals surface area contributed by atoms with Crippen LogP contribution < -0.4 is 15.8 Å². The van der Waals surface area contributed by atoms with E-state index < -0.39 is 0 Å². The van der Waals surface area contributed by atoms with Crippen LogP contribution in [0.5, 0.6) is 0 Å². The van der Waals surface area contributed by atoms with Crippen molar-refractivity contribution in [2.75, 3.05) is 51.7 Å². The molecule has 0 aliphatic carbocycles. The third-order valence-corrected chi connectivity index (χ3v) is 7.07. The number of nitrogens with zero attached hydrogens (tertiary/aromatic N) is 5. The molecule has 3 aromatic rings. The van der Waals surface area contributed by atoms with Gasteiger partial charge < -0.3 is 15.1 Å². The molecule has 0 atom stereocenters. The number of piperazine rings is 1. The number of hydrogen-bond donors (Lipinski definition) is 1. The molecule has 0 bridgehead atoms. The summed E-state index contributed by atoms with van der Waals surface area (Å²) in [6, 6.07) is 10.8. The smallest absolute Gasteiger partial charge is 0.261 e. The van der Waals surface area contributed by atoms with Crippen LogP contribution in [0, 0.1) is 0 Å². The van der Waals surface area contributed by atoms with E-state index in [1.165, 1.54) is 15.8 Å². The molecule has 1 aliphatic heterocycles. The number of aromatic nitrogens is 2. The highest BCUT2D eigenvalue weighted by molar-refractivity contribution is 6.42. The summed E-state index contributed by atoms with van der Waals surface area (Å²) in [5, 5.41) is 3.99. The van der Waals surface area contributed by atoms with Gasteiger partial charge in [0.25, 0.3) is 5.56 Å². The lowest BCUT2D eigenvalue weighted by Crippen LogP contribution is -2.49. The highest BCUT2D eigenvalue weighted by Gasteiger charge is 2.20. The number of benzene rings is 2. The van der Waals surface area contributed by atoms with Crippen LogP contribution in [-0.2, 0) is 22.7 Å². The van der Waals surface area contributed by atoms with Crippen molar-refractivity contribution >= 4 is 51.6 Å². The summed E-state index contributed by atoms with van der Waals surface area (Å²) >= 11 is 12.0. The van der Waals surface area contributed by atoms with Gasteiger partial charge in [0.05, 0.1) is 33.8 Å². The van der Waals surface area contributed by atoms with Crippen LogP contribution in [0.4, 0.5) is 5.69 Å². The lowest BCUT2D eigenvalue weighted by atomic mass is 10.2. The van der Waals surface area contributed by atoms with Gasteiger partial charge in [0.1, 0.15) is 6.54 Å². The Morgan fingerprint density at radius 1 is 1.03 bits per heavy atom. The molecule has 11 heteroatoms. The molecule has 36 heavy (non-hydrogen) atoms. The second-order valence-corrected chi connectivity index (χ2v) is 9.63. The number of likely N-dealkylation sites (N-methyl/N-ethyl adjacent to an activating group) is 2. The van der Waals surface area contributed by atoms with Crippen LogP contribution in [0.2, 0.25) is 10.0 Å². The van der Waals surface area contributed by atoms with Crippen LogP contribution in [0.15, 0.2) is 47.5 Å². The number of rotatable bonds is 7. The minimum absolute atomic E-state index is 0.00191. The van der Waals surface area contributed by atoms with E-state index in [0.29, 0.717) is 34.0 Å². The van der Waals surface area contributed by atoms with Crippen LogP contribution >= 0.6 is 23.2 Å². The second-order valence-electron chi connectivity index (χ2n) is 8.81. The van der Waals surface area contributed by atoms with Crippen molar-refractivity contribution in [3.05, 3.63) is 68.7 Å². The Morgan fingerprint density at radius 3 is 2.47 bits per heavy atom. The van der Waals surface area contributed by atoms with Gasteiger partial charge in [-0.05, 0) is 35.9 Å². The first kappa shape index (κ1) is 25.9. The van der Waals surface area contributed by atoms with Crippen LogP contribution in [0.3, 0.4) is 0 Å². The Bertz CT molecular complexity index is 1340. The summed E-state index contributed by atoms with van der Waals surface area (Å²) in [7, 11) is 3.31. The van der Waals surface area contributed by atoms with E-state index in [4.69, 9.17) is 23.2 Å². The Hall–Kier alpha value is -3.14. The molecule has 1 N–H and O–H groups in total. The number of carbonyl (C=O) groups excluding carboxylic acids is 2. The number of hydrogen-bond acceptors (Lipinski definition) is 6. The predicted octanol–water partition coefficient (Wildman–Crippen LogP) is 2.23. The van der Waals surface area contributed by atoms with Gasteiger partial charge in [0.2, 0.25) is 11.8 Å². The maximum absolute atomic E-state index is 13.2. The van der Waals surface area contributed by atoms with E-state index in [9.17, 15) is 14.4 Å². The normalized spacial score (nSPS) is 14.2. The van der Waals surface area contributed by atoms with Crippen LogP contribution in [0.25, 0.3) is 10.9 Å². The Labute approximate surface area is 219 Å². The minimum Gasteiger partial charge on any atom is -0.369 e. The quantitative estimate of drug-likeness (QED) is 0.503. The molecule has 2 heterocycles. The zero-order valence-corrected chi connectivity index (χ0v) is 21.7. The first-order valence-corrected chi connectivity index (χ1v) is 12.4. The Balaban J connectivity index is 1.45. The summed E-state index contributed by atoms with van der Waals surface area (Å²) < 4.78 is 1.33. The highest BCUT2D eigenvalue weighted by atomic mass is 35.5. The van der Waals surface area contributed by atoms with Gasteiger partial charge in [0.15, 0.2) is 0 Å². The monoisotopic (exact) mass is 530 g/mol. The van der Waals surface area contributed by atoms with Crippen LogP contribution in [-0.4, -0.2) is 78.0 Å². The minimum atomic E-state index is -0.267. The van der Waals surface area contributed by atoms with Gasteiger partial charge >= 0.3 is 0 Å². The van der Waals surface area contributed by atoms with Gasteiger partial charge in [-0.3, -0.25) is 23.9 Å². The zero-order chi connectivity index (χ0) is 25.8. The number of nitrogens with one attached hydrogen (secondary N) is 1. The lowest BCUT2D eigenvalue weighted by Gasteiger charge is -2.35. The topological polar surface area (TPSA) is 90.8 Å². The predicted molar refractivity (Wildman–Crippen MR) is 142 cm³/mol. The molecule has 2 aromatic carbocycles. The number of fused-ring (bicyclic) bond motifs is 1. The molecule has 0 spiro atoms. The average Bonchev–Trinajstić information content (AvgIpc) is 2.88. The van der Waals surface area contributed by atoms with Crippen LogP contribution in [0.1, 0.15) is 5.56 Å². The van der Waals surface area contributed by atoms with Gasteiger partial charge in [-0.25, -0.2) is 4.98 Å². The number of anilines is 1.